The largest absolute Gasteiger partial charge is 0.334 e. The number of aromatic nitrogens is 2. The number of carbonyl (C=O) groups excluding carboxylic acids is 1. The zero-order valence-electron chi connectivity index (χ0n) is 16.5. The summed E-state index contributed by atoms with van der Waals surface area (Å²) in [6.45, 7) is 5.38. The lowest BCUT2D eigenvalue weighted by atomic mass is 10.1. The number of nitrogens with one attached hydrogen (secondary N) is 2. The predicted molar refractivity (Wildman–Crippen MR) is 113 cm³/mol. The van der Waals surface area contributed by atoms with E-state index in [0.29, 0.717) is 21.6 Å². The van der Waals surface area contributed by atoms with Gasteiger partial charge in [0, 0.05) is 18.2 Å². The van der Waals surface area contributed by atoms with E-state index in [-0.39, 0.29) is 22.9 Å². The van der Waals surface area contributed by atoms with Crippen LogP contribution < -0.4 is 10.3 Å². The van der Waals surface area contributed by atoms with Gasteiger partial charge in [0.1, 0.15) is 10.5 Å². The number of H-pyrrole nitrogens is 1. The SMILES string of the molecule is CN(Cc1nc2ccsc2c(=O)[nH]1)C(=O)c1ccc(S(=O)(=O)NC(C)(C)C)cc1. The zero-order valence-corrected chi connectivity index (χ0v) is 18.1. The van der Waals surface area contributed by atoms with E-state index in [2.05, 4.69) is 14.7 Å². The second kappa shape index (κ2) is 7.69. The Balaban J connectivity index is 1.76. The van der Waals surface area contributed by atoms with Crippen molar-refractivity contribution >= 4 is 37.5 Å². The molecule has 0 aliphatic carbocycles. The van der Waals surface area contributed by atoms with E-state index in [9.17, 15) is 18.0 Å². The number of rotatable bonds is 5. The summed E-state index contributed by atoms with van der Waals surface area (Å²) in [5.74, 6) is 0.0659. The molecule has 0 saturated heterocycles. The van der Waals surface area contributed by atoms with Gasteiger partial charge in [0.05, 0.1) is 17.0 Å². The van der Waals surface area contributed by atoms with Crippen molar-refractivity contribution in [3.05, 3.63) is 57.5 Å². The zero-order chi connectivity index (χ0) is 21.4. The van der Waals surface area contributed by atoms with E-state index >= 15 is 0 Å². The fraction of sp³-hybridized carbons (Fsp3) is 0.316. The number of thiophene rings is 1. The highest BCUT2D eigenvalue weighted by Gasteiger charge is 2.22. The third-order valence-corrected chi connectivity index (χ3v) is 6.63. The topological polar surface area (TPSA) is 112 Å². The van der Waals surface area contributed by atoms with E-state index in [0.717, 1.165) is 0 Å². The first-order valence-corrected chi connectivity index (χ1v) is 11.2. The minimum atomic E-state index is -3.67. The average molecular weight is 435 g/mol. The van der Waals surface area contributed by atoms with Gasteiger partial charge in [-0.25, -0.2) is 18.1 Å². The van der Waals surface area contributed by atoms with E-state index in [4.69, 9.17) is 0 Å². The molecule has 0 radical (unpaired) electrons. The molecule has 0 unspecified atom stereocenters. The lowest BCUT2D eigenvalue weighted by Gasteiger charge is -2.20. The fourth-order valence-electron chi connectivity index (χ4n) is 2.75. The lowest BCUT2D eigenvalue weighted by molar-refractivity contribution is 0.0781. The molecule has 0 aliphatic heterocycles. The first-order chi connectivity index (χ1) is 13.5. The van der Waals surface area contributed by atoms with Crippen molar-refractivity contribution in [1.29, 1.82) is 0 Å². The van der Waals surface area contributed by atoms with E-state index < -0.39 is 15.6 Å². The van der Waals surface area contributed by atoms with Gasteiger partial charge in [0.2, 0.25) is 10.0 Å². The molecule has 8 nitrogen and oxygen atoms in total. The molecule has 1 aromatic carbocycles. The molecule has 2 heterocycles. The smallest absolute Gasteiger partial charge is 0.268 e. The number of carbonyl (C=O) groups is 1. The summed E-state index contributed by atoms with van der Waals surface area (Å²) in [7, 11) is -2.08. The Bertz CT molecular complexity index is 1210. The summed E-state index contributed by atoms with van der Waals surface area (Å²) in [5.41, 5.74) is 0.0829. The van der Waals surface area contributed by atoms with Crippen molar-refractivity contribution in [3.8, 4) is 0 Å². The first-order valence-electron chi connectivity index (χ1n) is 8.82. The number of aromatic amines is 1. The number of hydrogen-bond donors (Lipinski definition) is 2. The summed E-state index contributed by atoms with van der Waals surface area (Å²) in [5, 5.41) is 1.79. The molecule has 2 N–H and O–H groups in total. The molecule has 1 amide bonds. The molecule has 3 aromatic rings. The highest BCUT2D eigenvalue weighted by atomic mass is 32.2. The molecule has 0 saturated carbocycles. The van der Waals surface area contributed by atoms with E-state index in [1.54, 1.807) is 39.3 Å². The Hall–Kier alpha value is -2.56. The molecular weight excluding hydrogens is 412 g/mol. The summed E-state index contributed by atoms with van der Waals surface area (Å²) in [4.78, 5) is 33.3. The fourth-order valence-corrected chi connectivity index (χ4v) is 4.90. The second-order valence-electron chi connectivity index (χ2n) is 7.69. The summed E-state index contributed by atoms with van der Waals surface area (Å²) < 4.78 is 27.9. The number of amides is 1. The van der Waals surface area contributed by atoms with Crippen molar-refractivity contribution in [2.45, 2.75) is 37.8 Å². The predicted octanol–water partition coefficient (Wildman–Crippen LogP) is 2.33. The Labute approximate surface area is 172 Å². The normalized spacial score (nSPS) is 12.3. The lowest BCUT2D eigenvalue weighted by Crippen LogP contribution is -2.40. The van der Waals surface area contributed by atoms with E-state index in [1.165, 1.54) is 40.5 Å². The van der Waals surface area contributed by atoms with Crippen LogP contribution in [0.5, 0.6) is 0 Å². The summed E-state index contributed by atoms with van der Waals surface area (Å²) >= 11 is 1.31. The molecule has 0 bridgehead atoms. The van der Waals surface area contributed by atoms with Gasteiger partial charge >= 0.3 is 0 Å². The molecule has 10 heteroatoms. The molecule has 2 aromatic heterocycles. The second-order valence-corrected chi connectivity index (χ2v) is 10.3. The van der Waals surface area contributed by atoms with Crippen LogP contribution >= 0.6 is 11.3 Å². The van der Waals surface area contributed by atoms with Gasteiger partial charge < -0.3 is 9.88 Å². The third kappa shape index (κ3) is 4.89. The average Bonchev–Trinajstić information content (AvgIpc) is 3.08. The Kier molecular flexibility index (Phi) is 5.61. The van der Waals surface area contributed by atoms with Gasteiger partial charge in [-0.2, -0.15) is 0 Å². The highest BCUT2D eigenvalue weighted by molar-refractivity contribution is 7.89. The van der Waals surface area contributed by atoms with Crippen molar-refractivity contribution in [3.63, 3.8) is 0 Å². The molecule has 0 atom stereocenters. The number of nitrogens with zero attached hydrogens (tertiary/aromatic N) is 2. The molecule has 0 fully saturated rings. The molecule has 29 heavy (non-hydrogen) atoms. The van der Waals surface area contributed by atoms with Crippen LogP contribution in [0.2, 0.25) is 0 Å². The van der Waals surface area contributed by atoms with Gasteiger partial charge in [-0.15, -0.1) is 11.3 Å². The van der Waals surface area contributed by atoms with Gasteiger partial charge in [-0.05, 0) is 56.5 Å². The van der Waals surface area contributed by atoms with Crippen LogP contribution in [0, 0.1) is 0 Å². The number of fused-ring (bicyclic) bond motifs is 1. The van der Waals surface area contributed by atoms with E-state index in [1.807, 2.05) is 0 Å². The van der Waals surface area contributed by atoms with Crippen LogP contribution in [0.3, 0.4) is 0 Å². The van der Waals surface area contributed by atoms with Crippen molar-refractivity contribution in [1.82, 2.24) is 19.6 Å². The highest BCUT2D eigenvalue weighted by Crippen LogP contribution is 2.16. The van der Waals surface area contributed by atoms with Crippen molar-refractivity contribution in [2.75, 3.05) is 7.05 Å². The van der Waals surface area contributed by atoms with Gasteiger partial charge in [0.15, 0.2) is 0 Å². The Morgan fingerprint density at radius 3 is 2.48 bits per heavy atom. The standard InChI is InChI=1S/C19H22N4O4S2/c1-19(2,3)22-29(26,27)13-7-5-12(6-8-13)18(25)23(4)11-15-20-14-9-10-28-16(14)17(24)21-15/h5-10,22H,11H2,1-4H3,(H,20,21,24). The number of sulfonamides is 1. The number of hydrogen-bond acceptors (Lipinski definition) is 6. The maximum atomic E-state index is 12.7. The Morgan fingerprint density at radius 1 is 1.21 bits per heavy atom. The summed E-state index contributed by atoms with van der Waals surface area (Å²) in [6.07, 6.45) is 0. The van der Waals surface area contributed by atoms with Crippen LogP contribution in [0.15, 0.2) is 45.4 Å². The quantitative estimate of drug-likeness (QED) is 0.640. The van der Waals surface area contributed by atoms with Crippen molar-refractivity contribution < 1.29 is 13.2 Å². The maximum Gasteiger partial charge on any atom is 0.268 e. The third-order valence-electron chi connectivity index (χ3n) is 3.95. The Morgan fingerprint density at radius 2 is 1.86 bits per heavy atom. The summed E-state index contributed by atoms with van der Waals surface area (Å²) in [6, 6.07) is 7.48. The number of benzene rings is 1. The van der Waals surface area contributed by atoms with Crippen LogP contribution in [-0.4, -0.2) is 41.8 Å². The molecular formula is C19H22N4O4S2. The maximum absolute atomic E-state index is 12.7. The first kappa shape index (κ1) is 21.2. The van der Waals surface area contributed by atoms with Gasteiger partial charge in [-0.3, -0.25) is 9.59 Å². The van der Waals surface area contributed by atoms with Crippen molar-refractivity contribution in [2.24, 2.45) is 0 Å². The molecule has 0 spiro atoms. The van der Waals surface area contributed by atoms with Crippen LogP contribution in [0.4, 0.5) is 0 Å². The van der Waals surface area contributed by atoms with Crippen LogP contribution in [-0.2, 0) is 16.6 Å². The molecule has 154 valence electrons. The monoisotopic (exact) mass is 434 g/mol. The molecule has 0 aliphatic rings. The molecule has 3 rings (SSSR count). The minimum Gasteiger partial charge on any atom is -0.334 e. The van der Waals surface area contributed by atoms with Crippen LogP contribution in [0.1, 0.15) is 37.0 Å². The van der Waals surface area contributed by atoms with Gasteiger partial charge in [-0.1, -0.05) is 0 Å². The minimum absolute atomic E-state index is 0.0838. The van der Waals surface area contributed by atoms with Crippen LogP contribution in [0.25, 0.3) is 10.2 Å². The van der Waals surface area contributed by atoms with Gasteiger partial charge in [0.25, 0.3) is 11.5 Å².